The summed E-state index contributed by atoms with van der Waals surface area (Å²) in [7, 11) is 8.74. The lowest BCUT2D eigenvalue weighted by molar-refractivity contribution is 0.198. The molecule has 0 fully saturated rings. The Morgan fingerprint density at radius 1 is 0.886 bits per heavy atom. The Bertz CT molecular complexity index is 1020. The number of benzene rings is 2. The Balaban J connectivity index is 1.24. The van der Waals surface area contributed by atoms with Crippen LogP contribution in [-0.4, -0.2) is 84.0 Å². The Kier molecular flexibility index (Phi) is 7.90. The first-order valence-electron chi connectivity index (χ1n) is 12.2. The molecule has 1 atom stereocenters. The molecule has 0 aromatic heterocycles. The van der Waals surface area contributed by atoms with Gasteiger partial charge in [0.1, 0.15) is 0 Å². The molecule has 8 nitrogen and oxygen atoms in total. The van der Waals surface area contributed by atoms with Gasteiger partial charge in [0, 0.05) is 38.6 Å². The summed E-state index contributed by atoms with van der Waals surface area (Å²) in [6.45, 7) is 3.74. The molecule has 0 saturated carbocycles. The highest BCUT2D eigenvalue weighted by Crippen LogP contribution is 2.42. The normalized spacial score (nSPS) is 16.5. The fraction of sp³-hybridized carbons (Fsp3) is 0.519. The maximum Gasteiger partial charge on any atom is 0.317 e. The quantitative estimate of drug-likeness (QED) is 0.591. The molecule has 1 N–H and O–H groups in total. The molecule has 0 radical (unpaired) electrons. The van der Waals surface area contributed by atoms with Crippen molar-refractivity contribution in [1.29, 1.82) is 0 Å². The number of urea groups is 1. The largest absolute Gasteiger partial charge is 0.493 e. The lowest BCUT2D eigenvalue weighted by Crippen LogP contribution is -2.44. The average Bonchev–Trinajstić information content (AvgIpc) is 3.08. The maximum atomic E-state index is 12.8. The van der Waals surface area contributed by atoms with Gasteiger partial charge in [0.15, 0.2) is 23.0 Å². The van der Waals surface area contributed by atoms with Gasteiger partial charge in [-0.25, -0.2) is 4.79 Å². The van der Waals surface area contributed by atoms with Gasteiger partial charge in [0.25, 0.3) is 0 Å². The summed E-state index contributed by atoms with van der Waals surface area (Å²) >= 11 is 0. The highest BCUT2D eigenvalue weighted by molar-refractivity contribution is 5.74. The third-order valence-electron chi connectivity index (χ3n) is 7.15. The zero-order chi connectivity index (χ0) is 24.9. The number of nitrogens with zero attached hydrogens (tertiary/aromatic N) is 2. The molecule has 4 rings (SSSR count). The number of methoxy groups -OCH3 is 4. The van der Waals surface area contributed by atoms with Crippen molar-refractivity contribution in [2.45, 2.75) is 25.2 Å². The number of rotatable bonds is 9. The van der Waals surface area contributed by atoms with E-state index in [-0.39, 0.29) is 6.03 Å². The van der Waals surface area contributed by atoms with Crippen molar-refractivity contribution in [2.24, 2.45) is 0 Å². The van der Waals surface area contributed by atoms with E-state index in [1.165, 1.54) is 22.3 Å². The smallest absolute Gasteiger partial charge is 0.317 e. The highest BCUT2D eigenvalue weighted by Gasteiger charge is 2.29. The van der Waals surface area contributed by atoms with Crippen molar-refractivity contribution in [2.75, 3.05) is 68.2 Å². The predicted molar refractivity (Wildman–Crippen MR) is 135 cm³/mol. The van der Waals surface area contributed by atoms with Gasteiger partial charge in [-0.1, -0.05) is 0 Å². The van der Waals surface area contributed by atoms with Gasteiger partial charge in [-0.3, -0.25) is 0 Å². The van der Waals surface area contributed by atoms with Crippen molar-refractivity contribution < 1.29 is 23.7 Å². The molecule has 2 amide bonds. The highest BCUT2D eigenvalue weighted by atomic mass is 16.5. The van der Waals surface area contributed by atoms with Crippen LogP contribution in [0.1, 0.15) is 28.2 Å². The first kappa shape index (κ1) is 25.0. The van der Waals surface area contributed by atoms with Crippen molar-refractivity contribution in [3.05, 3.63) is 46.5 Å². The molecule has 2 aliphatic rings. The molecule has 190 valence electrons. The average molecular weight is 484 g/mol. The zero-order valence-corrected chi connectivity index (χ0v) is 21.5. The first-order chi connectivity index (χ1) is 17.0. The monoisotopic (exact) mass is 483 g/mol. The number of carbonyl (C=O) groups is 1. The summed E-state index contributed by atoms with van der Waals surface area (Å²) in [5.74, 6) is 3.51. The lowest BCUT2D eigenvalue weighted by atomic mass is 9.77. The molecule has 0 spiro atoms. The zero-order valence-electron chi connectivity index (χ0n) is 21.5. The molecular formula is C27H37N3O5. The van der Waals surface area contributed by atoms with E-state index in [0.717, 1.165) is 55.4 Å². The van der Waals surface area contributed by atoms with Gasteiger partial charge >= 0.3 is 6.03 Å². The van der Waals surface area contributed by atoms with Crippen molar-refractivity contribution in [3.8, 4) is 23.0 Å². The molecular weight excluding hydrogens is 446 g/mol. The van der Waals surface area contributed by atoms with Crippen LogP contribution >= 0.6 is 0 Å². The second kappa shape index (κ2) is 11.1. The number of ether oxygens (including phenoxy) is 4. The second-order valence-corrected chi connectivity index (χ2v) is 9.26. The molecule has 0 bridgehead atoms. The van der Waals surface area contributed by atoms with E-state index < -0.39 is 0 Å². The number of nitrogens with one attached hydrogen (secondary N) is 1. The molecule has 0 unspecified atom stereocenters. The maximum absolute atomic E-state index is 12.8. The van der Waals surface area contributed by atoms with E-state index >= 15 is 0 Å². The number of carbonyl (C=O) groups excluding carboxylic acids is 1. The standard InChI is InChI=1S/C27H37N3O5/c1-29(17-21-12-20-15-25(34-4)26(35-5)16-22(20)21)11-8-28-27(31)30-9-6-18-13-23(32-2)24(33-3)14-19(18)7-10-30/h13-16,21H,6-12,17H2,1-5H3,(H,28,31)/t21-/m1/s1. The third kappa shape index (κ3) is 5.42. The fourth-order valence-corrected chi connectivity index (χ4v) is 5.09. The summed E-state index contributed by atoms with van der Waals surface area (Å²) in [5, 5.41) is 3.10. The van der Waals surface area contributed by atoms with Gasteiger partial charge < -0.3 is 34.1 Å². The molecule has 8 heteroatoms. The minimum atomic E-state index is -0.00374. The minimum absolute atomic E-state index is 0.00374. The molecule has 35 heavy (non-hydrogen) atoms. The molecule has 2 aromatic carbocycles. The lowest BCUT2D eigenvalue weighted by Gasteiger charge is -2.34. The van der Waals surface area contributed by atoms with Crippen LogP contribution in [-0.2, 0) is 19.3 Å². The van der Waals surface area contributed by atoms with E-state index in [1.54, 1.807) is 28.4 Å². The van der Waals surface area contributed by atoms with Gasteiger partial charge in [0.2, 0.25) is 0 Å². The summed E-state index contributed by atoms with van der Waals surface area (Å²) in [4.78, 5) is 17.0. The van der Waals surface area contributed by atoms with Gasteiger partial charge in [0.05, 0.1) is 28.4 Å². The van der Waals surface area contributed by atoms with Crippen LogP contribution in [0, 0.1) is 0 Å². The van der Waals surface area contributed by atoms with Crippen LogP contribution in [0.3, 0.4) is 0 Å². The Labute approximate surface area is 208 Å². The number of hydrogen-bond acceptors (Lipinski definition) is 6. The summed E-state index contributed by atoms with van der Waals surface area (Å²) < 4.78 is 21.7. The minimum Gasteiger partial charge on any atom is -0.493 e. The van der Waals surface area contributed by atoms with Gasteiger partial charge in [-0.15, -0.1) is 0 Å². The Hall–Kier alpha value is -3.13. The fourth-order valence-electron chi connectivity index (χ4n) is 5.09. The predicted octanol–water partition coefficient (Wildman–Crippen LogP) is 3.10. The summed E-state index contributed by atoms with van der Waals surface area (Å²) in [5.41, 5.74) is 5.09. The molecule has 1 heterocycles. The van der Waals surface area contributed by atoms with E-state index in [0.29, 0.717) is 25.6 Å². The van der Waals surface area contributed by atoms with Crippen LogP contribution in [0.15, 0.2) is 24.3 Å². The molecule has 1 aliphatic carbocycles. The van der Waals surface area contributed by atoms with Crippen LogP contribution in [0.5, 0.6) is 23.0 Å². The summed E-state index contributed by atoms with van der Waals surface area (Å²) in [6, 6.07) is 8.25. The van der Waals surface area contributed by atoms with Crippen LogP contribution in [0.4, 0.5) is 4.79 Å². The molecule has 0 saturated heterocycles. The molecule has 2 aromatic rings. The van der Waals surface area contributed by atoms with Gasteiger partial charge in [-0.2, -0.15) is 0 Å². The molecule has 1 aliphatic heterocycles. The van der Waals surface area contributed by atoms with Crippen LogP contribution in [0.25, 0.3) is 0 Å². The van der Waals surface area contributed by atoms with Crippen LogP contribution < -0.4 is 24.3 Å². The van der Waals surface area contributed by atoms with Crippen molar-refractivity contribution in [3.63, 3.8) is 0 Å². The van der Waals surface area contributed by atoms with Crippen LogP contribution in [0.2, 0.25) is 0 Å². The van der Waals surface area contributed by atoms with E-state index in [1.807, 2.05) is 17.0 Å². The number of likely N-dealkylation sites (N-methyl/N-ethyl adjacent to an activating group) is 1. The Morgan fingerprint density at radius 3 is 1.94 bits per heavy atom. The SMILES string of the molecule is COc1cc2c(cc1OC)CCN(C(=O)NCCN(C)C[C@H]1Cc3cc(OC)c(OC)cc31)CC2. The Morgan fingerprint density at radius 2 is 1.40 bits per heavy atom. The van der Waals surface area contributed by atoms with Crippen molar-refractivity contribution >= 4 is 6.03 Å². The van der Waals surface area contributed by atoms with E-state index in [9.17, 15) is 4.79 Å². The van der Waals surface area contributed by atoms with E-state index in [4.69, 9.17) is 18.9 Å². The number of hydrogen-bond donors (Lipinski definition) is 1. The topological polar surface area (TPSA) is 72.5 Å². The van der Waals surface area contributed by atoms with Crippen molar-refractivity contribution in [1.82, 2.24) is 15.1 Å². The second-order valence-electron chi connectivity index (χ2n) is 9.26. The van der Waals surface area contributed by atoms with E-state index in [2.05, 4.69) is 29.4 Å². The number of amides is 2. The number of fused-ring (bicyclic) bond motifs is 2. The summed E-state index contributed by atoms with van der Waals surface area (Å²) in [6.07, 6.45) is 2.65. The third-order valence-corrected chi connectivity index (χ3v) is 7.15. The first-order valence-corrected chi connectivity index (χ1v) is 12.2. The van der Waals surface area contributed by atoms with Gasteiger partial charge in [-0.05, 0) is 72.8 Å².